The smallest absolute Gasteiger partial charge is 0.268 e. The number of nitrogens with zero attached hydrogens (tertiary/aromatic N) is 2. The summed E-state index contributed by atoms with van der Waals surface area (Å²) in [6.07, 6.45) is 0. The summed E-state index contributed by atoms with van der Waals surface area (Å²) in [5, 5.41) is 2.25. The molecule has 2 aliphatic heterocycles. The van der Waals surface area contributed by atoms with Gasteiger partial charge in [0.05, 0.1) is 0 Å². The predicted molar refractivity (Wildman–Crippen MR) is 114 cm³/mol. The van der Waals surface area contributed by atoms with E-state index in [1.807, 2.05) is 0 Å². The van der Waals surface area contributed by atoms with Gasteiger partial charge >= 0.3 is 6.03 Å². The first-order chi connectivity index (χ1) is 15.5. The molecule has 0 bridgehead atoms. The van der Waals surface area contributed by atoms with E-state index in [4.69, 9.17) is 0 Å². The maximum Gasteiger partial charge on any atom is 0.348 e. The Kier molecular flexibility index (Phi) is 3.50. The quantitative estimate of drug-likeness (QED) is 0.401. The van der Waals surface area contributed by atoms with E-state index in [9.17, 15) is 24.0 Å². The van der Waals surface area contributed by atoms with E-state index in [1.165, 1.54) is 24.3 Å². The van der Waals surface area contributed by atoms with Crippen LogP contribution in [0.3, 0.4) is 0 Å². The zero-order valence-corrected chi connectivity index (χ0v) is 16.4. The van der Waals surface area contributed by atoms with Gasteiger partial charge in [0, 0.05) is 33.0 Å². The van der Waals surface area contributed by atoms with E-state index in [2.05, 4.69) is 0 Å². The number of benzene rings is 4. The van der Waals surface area contributed by atoms with Gasteiger partial charge in [-0.1, -0.05) is 48.5 Å². The highest BCUT2D eigenvalue weighted by atomic mass is 16.2. The monoisotopic (exact) mass is 420 g/mol. The molecule has 6 amide bonds. The number of hydrogen-bond acceptors (Lipinski definition) is 5. The molecule has 7 nitrogen and oxygen atoms in total. The molecule has 7 heteroatoms. The van der Waals surface area contributed by atoms with Gasteiger partial charge in [0.1, 0.15) is 0 Å². The van der Waals surface area contributed by atoms with Crippen molar-refractivity contribution in [3.63, 3.8) is 0 Å². The number of carbonyl (C=O) groups is 5. The van der Waals surface area contributed by atoms with Gasteiger partial charge in [-0.05, 0) is 35.0 Å². The summed E-state index contributed by atoms with van der Waals surface area (Å²) < 4.78 is 0. The second-order valence-electron chi connectivity index (χ2n) is 7.59. The standard InChI is InChI=1S/C25H12N2O5/c28-21-15-9-1-5-13-6-2-10-16(19(13)15)22(29)26(21)25(32)27-23(30)17-11-3-7-14-8-4-12-18(20(14)17)24(27)31/h1-12H. The van der Waals surface area contributed by atoms with Crippen molar-refractivity contribution in [3.05, 3.63) is 95.1 Å². The van der Waals surface area contributed by atoms with E-state index in [0.29, 0.717) is 31.3 Å². The fourth-order valence-electron chi connectivity index (χ4n) is 4.51. The number of imide groups is 6. The molecule has 2 aliphatic rings. The molecule has 0 radical (unpaired) electrons. The molecule has 32 heavy (non-hydrogen) atoms. The molecule has 0 aliphatic carbocycles. The van der Waals surface area contributed by atoms with Crippen LogP contribution >= 0.6 is 0 Å². The highest BCUT2D eigenvalue weighted by Crippen LogP contribution is 2.33. The molecule has 0 unspecified atom stereocenters. The summed E-state index contributed by atoms with van der Waals surface area (Å²) in [7, 11) is 0. The summed E-state index contributed by atoms with van der Waals surface area (Å²) in [6, 6.07) is 18.4. The second kappa shape index (κ2) is 6.18. The van der Waals surface area contributed by atoms with Crippen molar-refractivity contribution in [1.82, 2.24) is 9.80 Å². The van der Waals surface area contributed by atoms with Crippen LogP contribution in [0.1, 0.15) is 41.4 Å². The molecule has 0 atom stereocenters. The molecule has 4 aromatic rings. The first kappa shape index (κ1) is 18.1. The number of amides is 6. The molecule has 4 aromatic carbocycles. The Bertz CT molecular complexity index is 1370. The van der Waals surface area contributed by atoms with Gasteiger partial charge in [-0.15, -0.1) is 0 Å². The Morgan fingerprint density at radius 3 is 1.03 bits per heavy atom. The molecule has 0 spiro atoms. The van der Waals surface area contributed by atoms with Gasteiger partial charge in [0.25, 0.3) is 23.6 Å². The van der Waals surface area contributed by atoms with Crippen LogP contribution in [0.2, 0.25) is 0 Å². The van der Waals surface area contributed by atoms with Crippen LogP contribution in [0, 0.1) is 0 Å². The Labute approximate surface area is 180 Å². The van der Waals surface area contributed by atoms with Crippen molar-refractivity contribution >= 4 is 51.2 Å². The maximum absolute atomic E-state index is 13.4. The van der Waals surface area contributed by atoms with Crippen LogP contribution in [0.5, 0.6) is 0 Å². The molecule has 6 rings (SSSR count). The van der Waals surface area contributed by atoms with Crippen LogP contribution in [-0.4, -0.2) is 39.5 Å². The van der Waals surface area contributed by atoms with Gasteiger partial charge < -0.3 is 0 Å². The minimum absolute atomic E-state index is 0.158. The molecule has 0 aromatic heterocycles. The average molecular weight is 420 g/mol. The van der Waals surface area contributed by atoms with Crippen molar-refractivity contribution in [2.45, 2.75) is 0 Å². The third-order valence-corrected chi connectivity index (χ3v) is 5.93. The van der Waals surface area contributed by atoms with Crippen molar-refractivity contribution in [1.29, 1.82) is 0 Å². The lowest BCUT2D eigenvalue weighted by molar-refractivity contribution is 0.0560. The Morgan fingerprint density at radius 1 is 0.469 bits per heavy atom. The normalized spacial score (nSPS) is 15.1. The third-order valence-electron chi connectivity index (χ3n) is 5.93. The van der Waals surface area contributed by atoms with Gasteiger partial charge in [-0.25, -0.2) is 4.79 Å². The summed E-state index contributed by atoms with van der Waals surface area (Å²) in [5.74, 6) is -3.49. The first-order valence-electron chi connectivity index (χ1n) is 9.84. The van der Waals surface area contributed by atoms with Crippen molar-refractivity contribution < 1.29 is 24.0 Å². The Morgan fingerprint density at radius 2 is 0.750 bits per heavy atom. The van der Waals surface area contributed by atoms with E-state index in [-0.39, 0.29) is 22.3 Å². The highest BCUT2D eigenvalue weighted by molar-refractivity contribution is 6.37. The largest absolute Gasteiger partial charge is 0.348 e. The van der Waals surface area contributed by atoms with Gasteiger partial charge in [0.2, 0.25) is 0 Å². The molecule has 0 N–H and O–H groups in total. The van der Waals surface area contributed by atoms with Crippen LogP contribution in [-0.2, 0) is 0 Å². The Hall–Kier alpha value is -4.65. The van der Waals surface area contributed by atoms with Crippen LogP contribution < -0.4 is 0 Å². The molecule has 0 saturated heterocycles. The van der Waals surface area contributed by atoms with Crippen molar-refractivity contribution in [3.8, 4) is 0 Å². The van der Waals surface area contributed by atoms with E-state index < -0.39 is 29.7 Å². The van der Waals surface area contributed by atoms with Crippen molar-refractivity contribution in [2.75, 3.05) is 0 Å². The fraction of sp³-hybridized carbons (Fsp3) is 0. The minimum atomic E-state index is -1.28. The number of carbonyl (C=O) groups excluding carboxylic acids is 5. The molecule has 2 heterocycles. The zero-order chi connectivity index (χ0) is 22.1. The fourth-order valence-corrected chi connectivity index (χ4v) is 4.51. The predicted octanol–water partition coefficient (Wildman–Crippen LogP) is 4.01. The SMILES string of the molecule is O=C1c2cccc3cccc(c23)C(=O)N1C(=O)N1C(=O)c2cccc3cccc(c23)C1=O. The summed E-state index contributed by atoms with van der Waals surface area (Å²) in [5.41, 5.74) is 0.631. The lowest BCUT2D eigenvalue weighted by atomic mass is 9.93. The van der Waals surface area contributed by atoms with Crippen molar-refractivity contribution in [2.24, 2.45) is 0 Å². The molecular formula is C25H12N2O5. The first-order valence-corrected chi connectivity index (χ1v) is 9.84. The van der Waals surface area contributed by atoms with Gasteiger partial charge in [-0.3, -0.25) is 19.2 Å². The maximum atomic E-state index is 13.4. The Balaban J connectivity index is 1.50. The van der Waals surface area contributed by atoms with E-state index in [1.54, 1.807) is 48.5 Å². The number of rotatable bonds is 0. The minimum Gasteiger partial charge on any atom is -0.268 e. The summed E-state index contributed by atoms with van der Waals surface area (Å²) in [6.45, 7) is 0. The average Bonchev–Trinajstić information content (AvgIpc) is 2.81. The zero-order valence-electron chi connectivity index (χ0n) is 16.4. The summed E-state index contributed by atoms with van der Waals surface area (Å²) >= 11 is 0. The lowest BCUT2D eigenvalue weighted by Crippen LogP contribution is -2.55. The number of hydrogen-bond donors (Lipinski definition) is 0. The van der Waals surface area contributed by atoms with Gasteiger partial charge in [0.15, 0.2) is 0 Å². The third kappa shape index (κ3) is 2.16. The molecular weight excluding hydrogens is 408 g/mol. The second-order valence-corrected chi connectivity index (χ2v) is 7.59. The van der Waals surface area contributed by atoms with E-state index >= 15 is 0 Å². The van der Waals surface area contributed by atoms with Crippen LogP contribution in [0.25, 0.3) is 21.5 Å². The summed E-state index contributed by atoms with van der Waals surface area (Å²) in [4.78, 5) is 66.9. The molecule has 0 saturated carbocycles. The molecule has 152 valence electrons. The molecule has 0 fully saturated rings. The lowest BCUT2D eigenvalue weighted by Gasteiger charge is -2.31. The van der Waals surface area contributed by atoms with Gasteiger partial charge in [-0.2, -0.15) is 9.80 Å². The number of urea groups is 1. The van der Waals surface area contributed by atoms with Crippen LogP contribution in [0.15, 0.2) is 72.8 Å². The van der Waals surface area contributed by atoms with Crippen LogP contribution in [0.4, 0.5) is 4.79 Å². The van der Waals surface area contributed by atoms with E-state index in [0.717, 1.165) is 0 Å². The highest BCUT2D eigenvalue weighted by Gasteiger charge is 2.45. The topological polar surface area (TPSA) is 91.8 Å².